The van der Waals surface area contributed by atoms with Crippen LogP contribution >= 0.6 is 7.82 Å². The number of carbonyl (C=O) groups excluding carboxylic acids is 2. The highest BCUT2D eigenvalue weighted by atomic mass is 31.2. The van der Waals surface area contributed by atoms with E-state index in [-0.39, 0.29) is 31.5 Å². The molecule has 0 aromatic rings. The number of nitrogens with one attached hydrogen (secondary N) is 1. The summed E-state index contributed by atoms with van der Waals surface area (Å²) >= 11 is 0. The van der Waals surface area contributed by atoms with Gasteiger partial charge in [0.1, 0.15) is 19.3 Å². The number of rotatable bonds is 59. The molecule has 3 atom stereocenters. The zero-order chi connectivity index (χ0) is 61.4. The van der Waals surface area contributed by atoms with Gasteiger partial charge in [0.25, 0.3) is 0 Å². The second-order valence-electron chi connectivity index (χ2n) is 23.2. The molecule has 0 fully saturated rings. The molecule has 9 nitrogen and oxygen atoms in total. The number of hydrogen-bond acceptors (Lipinski definition) is 6. The number of hydrogen-bond donors (Lipinski definition) is 2. The van der Waals surface area contributed by atoms with Gasteiger partial charge in [-0.2, -0.15) is 0 Å². The summed E-state index contributed by atoms with van der Waals surface area (Å²) in [7, 11) is 1.45. The van der Waals surface area contributed by atoms with Crippen LogP contribution in [-0.4, -0.2) is 74.3 Å². The highest BCUT2D eigenvalue weighted by molar-refractivity contribution is 7.47. The van der Waals surface area contributed by atoms with E-state index in [1.807, 2.05) is 33.3 Å². The van der Waals surface area contributed by atoms with Crippen molar-refractivity contribution in [1.82, 2.24) is 5.32 Å². The number of unbranched alkanes of at least 4 members (excludes halogenated alkanes) is 21. The molecule has 3 unspecified atom stereocenters. The van der Waals surface area contributed by atoms with Crippen LogP contribution < -0.4 is 5.32 Å². The summed E-state index contributed by atoms with van der Waals surface area (Å²) in [4.78, 5) is 37.9. The number of amides is 1. The zero-order valence-corrected chi connectivity index (χ0v) is 55.5. The van der Waals surface area contributed by atoms with Gasteiger partial charge in [-0.3, -0.25) is 18.6 Å². The van der Waals surface area contributed by atoms with Gasteiger partial charge in [0.15, 0.2) is 0 Å². The molecule has 0 aliphatic rings. The molecule has 0 aromatic heterocycles. The first-order valence-electron chi connectivity index (χ1n) is 33.7. The zero-order valence-electron chi connectivity index (χ0n) is 54.6. The number of esters is 1. The van der Waals surface area contributed by atoms with E-state index in [0.29, 0.717) is 23.9 Å². The first-order valence-corrected chi connectivity index (χ1v) is 35.2. The molecule has 0 aromatic carbocycles. The van der Waals surface area contributed by atoms with E-state index in [9.17, 15) is 19.0 Å². The van der Waals surface area contributed by atoms with Gasteiger partial charge in [0, 0.05) is 12.8 Å². The SMILES string of the molecule is CC/C=C\C/C=C\C/C=C\C/C=C\C/C=C\C/C=C\CCCCCCC(=O)OC(/C=C/CCCCCCCCCCCC)C(COP(=O)(O)OCC[N+](C)(C)C)NC(=O)CCCCCCCCC/C=C\C/C=C\C/C=C\C/C=C\C/C=C\CC. The average Bonchev–Trinajstić information content (AvgIpc) is 3.65. The number of likely N-dealkylation sites (N-methyl/N-ethyl adjacent to an activating group) is 1. The molecule has 1 amide bonds. The summed E-state index contributed by atoms with van der Waals surface area (Å²) in [5, 5.41) is 3.05. The van der Waals surface area contributed by atoms with Crippen molar-refractivity contribution in [2.24, 2.45) is 0 Å². The van der Waals surface area contributed by atoms with Crippen molar-refractivity contribution in [3.05, 3.63) is 146 Å². The van der Waals surface area contributed by atoms with Gasteiger partial charge >= 0.3 is 13.8 Å². The highest BCUT2D eigenvalue weighted by Crippen LogP contribution is 2.43. The Kier molecular flexibility index (Phi) is 58.9. The summed E-state index contributed by atoms with van der Waals surface area (Å²) in [5.41, 5.74) is 0. The van der Waals surface area contributed by atoms with Crippen LogP contribution in [0.5, 0.6) is 0 Å². The number of carbonyl (C=O) groups is 2. The summed E-state index contributed by atoms with van der Waals surface area (Å²) in [6, 6.07) is -0.878. The van der Waals surface area contributed by atoms with Crippen LogP contribution in [0.25, 0.3) is 0 Å². The summed E-state index contributed by atoms with van der Waals surface area (Å²) in [6.45, 7) is 6.75. The highest BCUT2D eigenvalue weighted by Gasteiger charge is 2.30. The van der Waals surface area contributed by atoms with Crippen molar-refractivity contribution in [2.75, 3.05) is 40.9 Å². The lowest BCUT2D eigenvalue weighted by molar-refractivity contribution is -0.870. The standard InChI is InChI=1S/C74H125N2O7P/c1-7-10-13-16-19-22-25-28-30-32-34-36-38-40-42-44-46-48-51-54-57-60-63-66-73(77)75-71(70-82-84(79,80)81-69-68-76(4,5)6)72(65-62-59-56-53-50-27-24-21-18-15-12-9-3)83-74(78)67-64-61-58-55-52-49-47-45-43-41-39-37-35-33-31-29-26-23-20-17-14-11-8-2/h10-11,13-14,19-20,22-23,28-31,34-37,40-43,47,49,62,65,71-72H,7-9,12,15-18,21,24-27,32-33,38-39,44-46,48,50-61,63-64,66-70H2,1-6H3,(H-,75,77,79,80)/p+1/b13-10-,14-11-,22-19-,23-20-,30-28-,31-29-,36-34-,37-35-,42-40-,43-41-,49-47-,65-62+. The fourth-order valence-corrected chi connectivity index (χ4v) is 9.65. The van der Waals surface area contributed by atoms with Crippen LogP contribution in [0.2, 0.25) is 0 Å². The molecule has 0 rings (SSSR count). The fourth-order valence-electron chi connectivity index (χ4n) is 8.91. The van der Waals surface area contributed by atoms with Crippen LogP contribution in [0, 0.1) is 0 Å². The number of phosphoric acid groups is 1. The largest absolute Gasteiger partial charge is 0.472 e. The Hall–Kier alpha value is -4.11. The van der Waals surface area contributed by atoms with Crippen molar-refractivity contribution in [1.29, 1.82) is 0 Å². The van der Waals surface area contributed by atoms with E-state index in [1.165, 1.54) is 70.6 Å². The Morgan fingerprint density at radius 3 is 1.14 bits per heavy atom. The smallest absolute Gasteiger partial charge is 0.456 e. The van der Waals surface area contributed by atoms with Crippen molar-refractivity contribution in [3.63, 3.8) is 0 Å². The molecule has 2 N–H and O–H groups in total. The van der Waals surface area contributed by atoms with Gasteiger partial charge in [-0.1, -0.05) is 263 Å². The van der Waals surface area contributed by atoms with E-state index in [0.717, 1.165) is 148 Å². The molecule has 0 radical (unpaired) electrons. The van der Waals surface area contributed by atoms with E-state index < -0.39 is 20.0 Å². The maximum Gasteiger partial charge on any atom is 0.472 e. The lowest BCUT2D eigenvalue weighted by Gasteiger charge is -2.27. The number of phosphoric ester groups is 1. The Labute approximate surface area is 517 Å². The molecular formula is C74H126N2O7P+. The lowest BCUT2D eigenvalue weighted by Crippen LogP contribution is -2.47. The Morgan fingerprint density at radius 1 is 0.429 bits per heavy atom. The minimum atomic E-state index is -4.47. The van der Waals surface area contributed by atoms with Crippen LogP contribution in [0.3, 0.4) is 0 Å². The molecule has 0 aliphatic carbocycles. The van der Waals surface area contributed by atoms with E-state index in [2.05, 4.69) is 160 Å². The molecule has 0 spiro atoms. The summed E-state index contributed by atoms with van der Waals surface area (Å²) in [6.07, 6.45) is 89.9. The molecule has 478 valence electrons. The summed E-state index contributed by atoms with van der Waals surface area (Å²) < 4.78 is 30.8. The molecule has 84 heavy (non-hydrogen) atoms. The van der Waals surface area contributed by atoms with Gasteiger partial charge in [0.2, 0.25) is 5.91 Å². The molecule has 0 heterocycles. The van der Waals surface area contributed by atoms with Crippen molar-refractivity contribution in [2.45, 2.75) is 270 Å². The maximum atomic E-state index is 13.6. The number of nitrogens with zero attached hydrogens (tertiary/aromatic N) is 1. The van der Waals surface area contributed by atoms with Crippen molar-refractivity contribution < 1.29 is 37.3 Å². The van der Waals surface area contributed by atoms with Gasteiger partial charge in [0.05, 0.1) is 33.8 Å². The van der Waals surface area contributed by atoms with E-state index in [4.69, 9.17) is 13.8 Å². The van der Waals surface area contributed by atoms with E-state index >= 15 is 0 Å². The molecule has 0 saturated carbocycles. The Morgan fingerprint density at radius 2 is 0.762 bits per heavy atom. The van der Waals surface area contributed by atoms with Gasteiger partial charge in [-0.05, 0) is 128 Å². The predicted molar refractivity (Wildman–Crippen MR) is 364 cm³/mol. The number of allylic oxidation sites excluding steroid dienone is 23. The summed E-state index contributed by atoms with van der Waals surface area (Å²) in [5.74, 6) is -0.556. The first-order chi connectivity index (χ1) is 40.9. The third kappa shape index (κ3) is 62.4. The van der Waals surface area contributed by atoms with Crippen LogP contribution in [0.15, 0.2) is 146 Å². The lowest BCUT2D eigenvalue weighted by atomic mass is 10.0. The second-order valence-corrected chi connectivity index (χ2v) is 24.7. The van der Waals surface area contributed by atoms with Gasteiger partial charge in [-0.15, -0.1) is 0 Å². The third-order valence-corrected chi connectivity index (χ3v) is 15.0. The van der Waals surface area contributed by atoms with Crippen LogP contribution in [0.1, 0.15) is 258 Å². The molecule has 10 heteroatoms. The fraction of sp³-hybridized carbons (Fsp3) is 0.649. The Balaban J connectivity index is 5.25. The molecule has 0 aliphatic heterocycles. The quantitative estimate of drug-likeness (QED) is 0.0205. The number of quaternary nitrogens is 1. The number of ether oxygens (including phenoxy) is 1. The van der Waals surface area contributed by atoms with Crippen LogP contribution in [0.4, 0.5) is 0 Å². The maximum absolute atomic E-state index is 13.6. The monoisotopic (exact) mass is 1190 g/mol. The van der Waals surface area contributed by atoms with Crippen molar-refractivity contribution in [3.8, 4) is 0 Å². The van der Waals surface area contributed by atoms with Gasteiger partial charge < -0.3 is 19.4 Å². The van der Waals surface area contributed by atoms with E-state index in [1.54, 1.807) is 0 Å². The normalized spacial score (nSPS) is 14.5. The van der Waals surface area contributed by atoms with Crippen LogP contribution in [-0.2, 0) is 27.9 Å². The second kappa shape index (κ2) is 62.0. The average molecular weight is 1190 g/mol. The van der Waals surface area contributed by atoms with Crippen molar-refractivity contribution >= 4 is 19.7 Å². The Bertz CT molecular complexity index is 1950. The molecule has 0 bridgehead atoms. The minimum absolute atomic E-state index is 0.0250. The first kappa shape index (κ1) is 79.9. The predicted octanol–water partition coefficient (Wildman–Crippen LogP) is 21.4. The van der Waals surface area contributed by atoms with Gasteiger partial charge in [-0.25, -0.2) is 4.57 Å². The third-order valence-electron chi connectivity index (χ3n) is 14.0. The minimum Gasteiger partial charge on any atom is -0.456 e. The topological polar surface area (TPSA) is 111 Å². The molecule has 0 saturated heterocycles. The molecular weight excluding hydrogens is 1060 g/mol.